The number of aromatic nitrogens is 1. The Morgan fingerprint density at radius 3 is 2.41 bits per heavy atom. The molecular formula is C20H28IN5O2S. The lowest BCUT2D eigenvalue weighted by molar-refractivity contribution is -0.140. The van der Waals surface area contributed by atoms with Crippen molar-refractivity contribution in [1.82, 2.24) is 20.5 Å². The van der Waals surface area contributed by atoms with Crippen molar-refractivity contribution in [3.63, 3.8) is 0 Å². The van der Waals surface area contributed by atoms with Crippen molar-refractivity contribution in [2.45, 2.75) is 33.2 Å². The van der Waals surface area contributed by atoms with Crippen LogP contribution in [-0.2, 0) is 16.1 Å². The Kier molecular flexibility index (Phi) is 6.98. The van der Waals surface area contributed by atoms with Crippen LogP contribution in [0.3, 0.4) is 0 Å². The number of likely N-dealkylation sites (tertiary alicyclic amines) is 1. The summed E-state index contributed by atoms with van der Waals surface area (Å²) in [6, 6.07) is 0. The van der Waals surface area contributed by atoms with Crippen LogP contribution < -0.4 is 10.6 Å². The maximum atomic E-state index is 12.7. The summed E-state index contributed by atoms with van der Waals surface area (Å²) >= 11 is 1.68. The van der Waals surface area contributed by atoms with Crippen LogP contribution in [0.15, 0.2) is 17.1 Å². The van der Waals surface area contributed by atoms with Gasteiger partial charge in [0.2, 0.25) is 11.8 Å². The summed E-state index contributed by atoms with van der Waals surface area (Å²) in [5.74, 6) is 1.10. The van der Waals surface area contributed by atoms with E-state index >= 15 is 0 Å². The van der Waals surface area contributed by atoms with Gasteiger partial charge in [0.1, 0.15) is 5.01 Å². The maximum absolute atomic E-state index is 12.7. The predicted molar refractivity (Wildman–Crippen MR) is 124 cm³/mol. The van der Waals surface area contributed by atoms with Crippen LogP contribution >= 0.6 is 35.3 Å². The fourth-order valence-electron chi connectivity index (χ4n) is 4.62. The number of carbonyl (C=O) groups is 2. The number of aryl methyl sites for hydroxylation is 2. The summed E-state index contributed by atoms with van der Waals surface area (Å²) < 4.78 is 0. The number of aliphatic imine (C=N–C) groups is 1. The normalized spacial score (nSPS) is 27.4. The van der Waals surface area contributed by atoms with Crippen LogP contribution in [-0.4, -0.2) is 47.8 Å². The summed E-state index contributed by atoms with van der Waals surface area (Å²) in [6.07, 6.45) is 5.94. The van der Waals surface area contributed by atoms with Gasteiger partial charge in [0.05, 0.1) is 24.1 Å². The Morgan fingerprint density at radius 1 is 1.21 bits per heavy atom. The van der Waals surface area contributed by atoms with Crippen molar-refractivity contribution >= 4 is 53.1 Å². The van der Waals surface area contributed by atoms with Gasteiger partial charge < -0.3 is 10.6 Å². The van der Waals surface area contributed by atoms with Gasteiger partial charge in [-0.25, -0.2) is 4.98 Å². The highest BCUT2D eigenvalue weighted by Crippen LogP contribution is 2.52. The van der Waals surface area contributed by atoms with Crippen molar-refractivity contribution in [2.75, 3.05) is 20.1 Å². The van der Waals surface area contributed by atoms with E-state index in [2.05, 4.69) is 39.7 Å². The Hall–Kier alpha value is -1.49. The molecule has 2 N–H and O–H groups in total. The van der Waals surface area contributed by atoms with E-state index in [1.165, 1.54) is 9.78 Å². The van der Waals surface area contributed by atoms with Crippen molar-refractivity contribution in [2.24, 2.45) is 28.7 Å². The molecule has 0 spiro atoms. The summed E-state index contributed by atoms with van der Waals surface area (Å²) in [5.41, 5.74) is 1.07. The maximum Gasteiger partial charge on any atom is 0.233 e. The molecule has 0 radical (unpaired) electrons. The number of hydrogen-bond acceptors (Lipinski definition) is 5. The largest absolute Gasteiger partial charge is 0.356 e. The van der Waals surface area contributed by atoms with Gasteiger partial charge in [0, 0.05) is 25.0 Å². The van der Waals surface area contributed by atoms with Crippen molar-refractivity contribution in [3.05, 3.63) is 27.7 Å². The van der Waals surface area contributed by atoms with E-state index in [-0.39, 0.29) is 59.5 Å². The first kappa shape index (κ1) is 22.2. The van der Waals surface area contributed by atoms with Gasteiger partial charge in [-0.05, 0) is 38.5 Å². The molecule has 29 heavy (non-hydrogen) atoms. The minimum absolute atomic E-state index is 0. The summed E-state index contributed by atoms with van der Waals surface area (Å²) in [4.78, 5) is 36.8. The standard InChI is InChI=1S/C20H27N5O2S.HI/c1-11-12(2)28-15(24-11)10-23-20(21-3)22-7-4-8-25-18(26)16-13-5-6-14(9-13)17(16)19(25)27;/h5-6,13-14,16-17H,4,7-10H2,1-3H3,(H2,21,22,23);1H. The van der Waals surface area contributed by atoms with E-state index in [1.54, 1.807) is 18.4 Å². The van der Waals surface area contributed by atoms with Crippen molar-refractivity contribution < 1.29 is 9.59 Å². The second kappa shape index (κ2) is 9.11. The molecule has 2 amide bonds. The molecular weight excluding hydrogens is 501 g/mol. The molecule has 1 saturated heterocycles. The molecule has 1 aromatic heterocycles. The van der Waals surface area contributed by atoms with Gasteiger partial charge >= 0.3 is 0 Å². The Labute approximate surface area is 192 Å². The molecule has 2 aliphatic carbocycles. The molecule has 158 valence electrons. The Balaban J connectivity index is 0.00000240. The highest BCUT2D eigenvalue weighted by Gasteiger charge is 2.58. The first-order valence-electron chi connectivity index (χ1n) is 9.90. The van der Waals surface area contributed by atoms with Gasteiger partial charge in [0.25, 0.3) is 0 Å². The summed E-state index contributed by atoms with van der Waals surface area (Å²) in [6.45, 7) is 5.83. The molecule has 4 atom stereocenters. The average Bonchev–Trinajstić information content (AvgIpc) is 3.42. The highest BCUT2D eigenvalue weighted by molar-refractivity contribution is 14.0. The minimum Gasteiger partial charge on any atom is -0.356 e. The number of fused-ring (bicyclic) bond motifs is 5. The Bertz CT molecular complexity index is 802. The molecule has 3 aliphatic rings. The number of hydrogen-bond donors (Lipinski definition) is 2. The van der Waals surface area contributed by atoms with E-state index in [0.29, 0.717) is 32.0 Å². The second-order valence-corrected chi connectivity index (χ2v) is 9.07. The second-order valence-electron chi connectivity index (χ2n) is 7.78. The molecule has 2 fully saturated rings. The van der Waals surface area contributed by atoms with Gasteiger partial charge in [0.15, 0.2) is 5.96 Å². The third-order valence-corrected chi connectivity index (χ3v) is 7.19. The lowest BCUT2D eigenvalue weighted by atomic mass is 9.85. The van der Waals surface area contributed by atoms with Crippen molar-refractivity contribution in [1.29, 1.82) is 0 Å². The molecule has 2 bridgehead atoms. The van der Waals surface area contributed by atoms with Crippen molar-refractivity contribution in [3.8, 4) is 0 Å². The molecule has 1 saturated carbocycles. The number of nitrogens with one attached hydrogen (secondary N) is 2. The smallest absolute Gasteiger partial charge is 0.233 e. The van der Waals surface area contributed by atoms with Crippen LogP contribution in [0.25, 0.3) is 0 Å². The number of nitrogens with zero attached hydrogens (tertiary/aromatic N) is 3. The first-order chi connectivity index (χ1) is 13.5. The van der Waals surface area contributed by atoms with E-state index in [9.17, 15) is 9.59 Å². The predicted octanol–water partition coefficient (Wildman–Crippen LogP) is 2.24. The topological polar surface area (TPSA) is 86.7 Å². The number of guanidine groups is 1. The first-order valence-corrected chi connectivity index (χ1v) is 10.7. The lowest BCUT2D eigenvalue weighted by Crippen LogP contribution is -2.39. The monoisotopic (exact) mass is 529 g/mol. The van der Waals surface area contributed by atoms with Gasteiger partial charge in [-0.2, -0.15) is 0 Å². The number of allylic oxidation sites excluding steroid dienone is 2. The lowest BCUT2D eigenvalue weighted by Gasteiger charge is -2.17. The van der Waals surface area contributed by atoms with Crippen LogP contribution in [0.2, 0.25) is 0 Å². The van der Waals surface area contributed by atoms with Crippen LogP contribution in [0.4, 0.5) is 0 Å². The van der Waals surface area contributed by atoms with E-state index in [4.69, 9.17) is 0 Å². The zero-order chi connectivity index (χ0) is 19.8. The van der Waals surface area contributed by atoms with Crippen LogP contribution in [0.5, 0.6) is 0 Å². The van der Waals surface area contributed by atoms with E-state index < -0.39 is 0 Å². The van der Waals surface area contributed by atoms with Crippen LogP contribution in [0, 0.1) is 37.5 Å². The minimum atomic E-state index is -0.102. The molecule has 2 heterocycles. The third kappa shape index (κ3) is 4.21. The van der Waals surface area contributed by atoms with E-state index in [0.717, 1.165) is 17.1 Å². The third-order valence-electron chi connectivity index (χ3n) is 6.12. The van der Waals surface area contributed by atoms with Gasteiger partial charge in [-0.1, -0.05) is 12.2 Å². The molecule has 9 heteroatoms. The van der Waals surface area contributed by atoms with Gasteiger partial charge in [-0.3, -0.25) is 19.5 Å². The molecule has 4 rings (SSSR count). The number of thiazole rings is 1. The molecule has 4 unspecified atom stereocenters. The zero-order valence-electron chi connectivity index (χ0n) is 17.0. The summed E-state index contributed by atoms with van der Waals surface area (Å²) in [7, 11) is 1.73. The average molecular weight is 529 g/mol. The number of imide groups is 1. The zero-order valence-corrected chi connectivity index (χ0v) is 20.1. The molecule has 0 aromatic carbocycles. The Morgan fingerprint density at radius 2 is 1.86 bits per heavy atom. The van der Waals surface area contributed by atoms with Crippen LogP contribution in [0.1, 0.15) is 28.4 Å². The highest BCUT2D eigenvalue weighted by atomic mass is 127. The van der Waals surface area contributed by atoms with Gasteiger partial charge in [-0.15, -0.1) is 35.3 Å². The SMILES string of the molecule is CN=C(NCCCN1C(=O)C2C3C=CC(C3)C2C1=O)NCc1nc(C)c(C)s1.I. The molecule has 7 nitrogen and oxygen atoms in total. The number of rotatable bonds is 6. The number of amides is 2. The quantitative estimate of drug-likeness (QED) is 0.148. The fourth-order valence-corrected chi connectivity index (χ4v) is 5.50. The number of halogens is 1. The fraction of sp³-hybridized carbons (Fsp3) is 0.600. The molecule has 1 aliphatic heterocycles. The molecule has 1 aromatic rings. The summed E-state index contributed by atoms with van der Waals surface area (Å²) in [5, 5.41) is 7.53. The number of carbonyl (C=O) groups excluding carboxylic acids is 2. The van der Waals surface area contributed by atoms with E-state index in [1.807, 2.05) is 6.92 Å².